The topological polar surface area (TPSA) is 34.1 Å². The Bertz CT molecular complexity index is 967. The van der Waals surface area contributed by atoms with Gasteiger partial charge in [-0.2, -0.15) is 13.2 Å². The summed E-state index contributed by atoms with van der Waals surface area (Å²) >= 11 is 0. The number of alkyl halides is 3. The fourth-order valence-corrected chi connectivity index (χ4v) is 3.98. The molecule has 0 aliphatic carbocycles. The minimum absolute atomic E-state index is 0.0488. The van der Waals surface area contributed by atoms with Crippen molar-refractivity contribution in [2.45, 2.75) is 31.0 Å². The quantitative estimate of drug-likeness (QED) is 0.648. The summed E-state index contributed by atoms with van der Waals surface area (Å²) < 4.78 is 45.0. The number of ether oxygens (including phenoxy) is 1. The molecule has 3 nitrogen and oxygen atoms in total. The average molecular weight is 400 g/mol. The van der Waals surface area contributed by atoms with Crippen LogP contribution in [-0.4, -0.2) is 24.7 Å². The van der Waals surface area contributed by atoms with E-state index in [2.05, 4.69) is 22.4 Å². The molecule has 3 aromatic rings. The third-order valence-electron chi connectivity index (χ3n) is 5.65. The van der Waals surface area contributed by atoms with Crippen LogP contribution in [0.4, 0.5) is 13.2 Å². The van der Waals surface area contributed by atoms with E-state index in [9.17, 15) is 13.2 Å². The lowest BCUT2D eigenvalue weighted by Crippen LogP contribution is -2.43. The molecule has 0 unspecified atom stereocenters. The van der Waals surface area contributed by atoms with Crippen LogP contribution in [0.3, 0.4) is 0 Å². The van der Waals surface area contributed by atoms with Crippen molar-refractivity contribution < 1.29 is 17.9 Å². The first kappa shape index (κ1) is 19.9. The molecule has 1 aromatic heterocycles. The molecule has 1 aliphatic heterocycles. The standard InChI is InChI=1S/C23H23F3N2O/c24-23(25,26)19-8-6-17-7-9-20(28-21(17)14-19)15-29-16-22(10-12-27-13-11-22)18-4-2-1-3-5-18/h1-9,14,27H,10-13,15-16H2. The van der Waals surface area contributed by atoms with Gasteiger partial charge in [0.05, 0.1) is 30.0 Å². The molecule has 1 fully saturated rings. The van der Waals surface area contributed by atoms with Gasteiger partial charge in [-0.15, -0.1) is 0 Å². The number of nitrogens with one attached hydrogen (secondary N) is 1. The number of rotatable bonds is 5. The van der Waals surface area contributed by atoms with Crippen LogP contribution >= 0.6 is 0 Å². The van der Waals surface area contributed by atoms with Gasteiger partial charge in [0.1, 0.15) is 0 Å². The lowest BCUT2D eigenvalue weighted by atomic mass is 9.74. The summed E-state index contributed by atoms with van der Waals surface area (Å²) in [6.07, 6.45) is -2.41. The highest BCUT2D eigenvalue weighted by Gasteiger charge is 2.34. The van der Waals surface area contributed by atoms with E-state index in [1.807, 2.05) is 24.3 Å². The highest BCUT2D eigenvalue weighted by atomic mass is 19.4. The molecule has 0 radical (unpaired) electrons. The molecule has 6 heteroatoms. The zero-order valence-corrected chi connectivity index (χ0v) is 16.0. The molecule has 0 atom stereocenters. The first-order chi connectivity index (χ1) is 14.0. The van der Waals surface area contributed by atoms with E-state index in [1.165, 1.54) is 11.6 Å². The number of piperidine rings is 1. The Kier molecular flexibility index (Phi) is 5.56. The Hall–Kier alpha value is -2.44. The van der Waals surface area contributed by atoms with Gasteiger partial charge < -0.3 is 10.1 Å². The second-order valence-electron chi connectivity index (χ2n) is 7.60. The second-order valence-corrected chi connectivity index (χ2v) is 7.60. The lowest BCUT2D eigenvalue weighted by Gasteiger charge is -2.38. The van der Waals surface area contributed by atoms with Gasteiger partial charge in [-0.3, -0.25) is 4.98 Å². The van der Waals surface area contributed by atoms with Crippen LogP contribution in [-0.2, 0) is 22.9 Å². The third-order valence-corrected chi connectivity index (χ3v) is 5.65. The maximum atomic E-state index is 13.0. The Balaban J connectivity index is 1.49. The van der Waals surface area contributed by atoms with E-state index in [0.29, 0.717) is 23.2 Å². The smallest absolute Gasteiger partial charge is 0.374 e. The summed E-state index contributed by atoms with van der Waals surface area (Å²) in [7, 11) is 0. The second kappa shape index (κ2) is 8.13. The van der Waals surface area contributed by atoms with Crippen LogP contribution < -0.4 is 5.32 Å². The molecule has 1 aliphatic rings. The highest BCUT2D eigenvalue weighted by molar-refractivity contribution is 5.79. The van der Waals surface area contributed by atoms with Crippen molar-refractivity contribution in [3.63, 3.8) is 0 Å². The van der Waals surface area contributed by atoms with Crippen molar-refractivity contribution >= 4 is 10.9 Å². The largest absolute Gasteiger partial charge is 0.416 e. The molecule has 2 aromatic carbocycles. The molecule has 0 spiro atoms. The fraction of sp³-hybridized carbons (Fsp3) is 0.348. The SMILES string of the molecule is FC(F)(F)c1ccc2ccc(COCC3(c4ccccc4)CCNCC3)nc2c1. The predicted molar refractivity (Wildman–Crippen MR) is 107 cm³/mol. The van der Waals surface area contributed by atoms with E-state index in [4.69, 9.17) is 4.74 Å². The van der Waals surface area contributed by atoms with Crippen LogP contribution in [0.15, 0.2) is 60.7 Å². The van der Waals surface area contributed by atoms with Crippen molar-refractivity contribution in [3.05, 3.63) is 77.5 Å². The normalized spacial score (nSPS) is 16.8. The number of halogens is 3. The summed E-state index contributed by atoms with van der Waals surface area (Å²) in [5.41, 5.74) is 1.50. The van der Waals surface area contributed by atoms with Gasteiger partial charge in [0.25, 0.3) is 0 Å². The zero-order valence-electron chi connectivity index (χ0n) is 16.0. The Morgan fingerprint density at radius 1 is 0.966 bits per heavy atom. The van der Waals surface area contributed by atoms with Crippen molar-refractivity contribution in [2.24, 2.45) is 0 Å². The number of aromatic nitrogens is 1. The molecular formula is C23H23F3N2O. The maximum Gasteiger partial charge on any atom is 0.416 e. The minimum Gasteiger partial charge on any atom is -0.374 e. The molecular weight excluding hydrogens is 377 g/mol. The number of hydrogen-bond acceptors (Lipinski definition) is 3. The molecule has 152 valence electrons. The monoisotopic (exact) mass is 400 g/mol. The Morgan fingerprint density at radius 3 is 2.41 bits per heavy atom. The maximum absolute atomic E-state index is 13.0. The molecule has 0 saturated carbocycles. The van der Waals surface area contributed by atoms with E-state index in [0.717, 1.165) is 38.1 Å². The van der Waals surface area contributed by atoms with E-state index in [1.54, 1.807) is 6.07 Å². The zero-order chi connectivity index (χ0) is 20.3. The first-order valence-corrected chi connectivity index (χ1v) is 9.77. The van der Waals surface area contributed by atoms with Crippen LogP contribution in [0.5, 0.6) is 0 Å². The minimum atomic E-state index is -4.38. The van der Waals surface area contributed by atoms with E-state index in [-0.39, 0.29) is 12.0 Å². The first-order valence-electron chi connectivity index (χ1n) is 9.77. The molecule has 4 rings (SSSR count). The van der Waals surface area contributed by atoms with Gasteiger partial charge in [0, 0.05) is 10.8 Å². The highest BCUT2D eigenvalue weighted by Crippen LogP contribution is 2.34. The van der Waals surface area contributed by atoms with Crippen LogP contribution in [0.1, 0.15) is 29.7 Å². The number of hydrogen-bond donors (Lipinski definition) is 1. The van der Waals surface area contributed by atoms with Crippen LogP contribution in [0.2, 0.25) is 0 Å². The summed E-state index contributed by atoms with van der Waals surface area (Å²) in [4.78, 5) is 4.39. The summed E-state index contributed by atoms with van der Waals surface area (Å²) in [6.45, 7) is 2.70. The molecule has 0 bridgehead atoms. The summed E-state index contributed by atoms with van der Waals surface area (Å²) in [5.74, 6) is 0. The van der Waals surface area contributed by atoms with Gasteiger partial charge in [0.15, 0.2) is 0 Å². The van der Waals surface area contributed by atoms with Gasteiger partial charge in [-0.1, -0.05) is 42.5 Å². The number of benzene rings is 2. The van der Waals surface area contributed by atoms with E-state index < -0.39 is 11.7 Å². The predicted octanol–water partition coefficient (Wildman–Crippen LogP) is 5.09. The lowest BCUT2D eigenvalue weighted by molar-refractivity contribution is -0.137. The fourth-order valence-electron chi connectivity index (χ4n) is 3.98. The molecule has 1 saturated heterocycles. The van der Waals surface area contributed by atoms with Crippen LogP contribution in [0.25, 0.3) is 10.9 Å². The molecule has 29 heavy (non-hydrogen) atoms. The van der Waals surface area contributed by atoms with Gasteiger partial charge in [-0.25, -0.2) is 0 Å². The summed E-state index contributed by atoms with van der Waals surface area (Å²) in [6, 6.07) is 17.6. The Labute approximate surface area is 167 Å². The number of nitrogens with zero attached hydrogens (tertiary/aromatic N) is 1. The van der Waals surface area contributed by atoms with Gasteiger partial charge in [0.2, 0.25) is 0 Å². The van der Waals surface area contributed by atoms with Crippen molar-refractivity contribution in [2.75, 3.05) is 19.7 Å². The van der Waals surface area contributed by atoms with Crippen molar-refractivity contribution in [1.29, 1.82) is 0 Å². The number of pyridine rings is 1. The molecule has 2 heterocycles. The van der Waals surface area contributed by atoms with E-state index >= 15 is 0 Å². The Morgan fingerprint density at radius 2 is 1.69 bits per heavy atom. The van der Waals surface area contributed by atoms with Gasteiger partial charge >= 0.3 is 6.18 Å². The van der Waals surface area contributed by atoms with Gasteiger partial charge in [-0.05, 0) is 49.7 Å². The molecule has 0 amide bonds. The van der Waals surface area contributed by atoms with Crippen molar-refractivity contribution in [3.8, 4) is 0 Å². The summed E-state index contributed by atoms with van der Waals surface area (Å²) in [5, 5.41) is 4.08. The third kappa shape index (κ3) is 4.43. The van der Waals surface area contributed by atoms with Crippen molar-refractivity contribution in [1.82, 2.24) is 10.3 Å². The average Bonchev–Trinajstić information content (AvgIpc) is 2.74. The molecule has 1 N–H and O–H groups in total. The number of fused-ring (bicyclic) bond motifs is 1. The van der Waals surface area contributed by atoms with Crippen LogP contribution in [0, 0.1) is 0 Å².